The molecule has 0 bridgehead atoms. The lowest BCUT2D eigenvalue weighted by atomic mass is 10.1. The first kappa shape index (κ1) is 13.9. The van der Waals surface area contributed by atoms with E-state index in [0.29, 0.717) is 17.0 Å². The van der Waals surface area contributed by atoms with E-state index in [-0.39, 0.29) is 17.6 Å². The third kappa shape index (κ3) is 3.64. The van der Waals surface area contributed by atoms with Crippen LogP contribution in [0.2, 0.25) is 0 Å². The van der Waals surface area contributed by atoms with Gasteiger partial charge < -0.3 is 10.4 Å². The first-order valence-corrected chi connectivity index (χ1v) is 6.35. The van der Waals surface area contributed by atoms with Crippen molar-refractivity contribution >= 4 is 28.7 Å². The number of ketones is 1. The monoisotopic (exact) mass is 255 g/mol. The normalized spacial score (nSPS) is 10.6. The summed E-state index contributed by atoms with van der Waals surface area (Å²) in [7, 11) is 0. The highest BCUT2D eigenvalue weighted by Crippen LogP contribution is 2.28. The molecule has 94 valence electrons. The molecule has 0 fully saturated rings. The summed E-state index contributed by atoms with van der Waals surface area (Å²) in [5.74, 6) is -0.192. The number of amides is 1. The molecule has 1 rings (SSSR count). The largest absolute Gasteiger partial charge is 0.388 e. The number of aryl methyl sites for hydroxylation is 1. The third-order valence-electron chi connectivity index (χ3n) is 2.23. The summed E-state index contributed by atoms with van der Waals surface area (Å²) in [5, 5.41) is 13.4. The number of carbonyl (C=O) groups is 2. The average molecular weight is 255 g/mol. The number of carbonyl (C=O) groups excluding carboxylic acids is 2. The number of rotatable bonds is 5. The molecule has 0 aliphatic heterocycles. The molecule has 5 heteroatoms. The van der Waals surface area contributed by atoms with Gasteiger partial charge in [-0.3, -0.25) is 9.59 Å². The Bertz CT molecular complexity index is 423. The van der Waals surface area contributed by atoms with Crippen LogP contribution in [0.25, 0.3) is 0 Å². The number of thiophene rings is 1. The second-order valence-electron chi connectivity index (χ2n) is 4.35. The maximum atomic E-state index is 11.7. The zero-order chi connectivity index (χ0) is 13.0. The van der Waals surface area contributed by atoms with Gasteiger partial charge in [0.1, 0.15) is 6.61 Å². The van der Waals surface area contributed by atoms with Gasteiger partial charge in [0, 0.05) is 6.42 Å². The number of aliphatic hydroxyl groups is 1. The Morgan fingerprint density at radius 2 is 2.12 bits per heavy atom. The van der Waals surface area contributed by atoms with Crippen molar-refractivity contribution in [1.82, 2.24) is 0 Å². The number of hydrogen-bond acceptors (Lipinski definition) is 4. The maximum Gasteiger partial charge on any atom is 0.224 e. The minimum atomic E-state index is -0.535. The molecule has 0 saturated heterocycles. The van der Waals surface area contributed by atoms with Crippen LogP contribution in [0.1, 0.15) is 35.5 Å². The highest BCUT2D eigenvalue weighted by Gasteiger charge is 2.17. The minimum absolute atomic E-state index is 0.103. The Kier molecular flexibility index (Phi) is 4.84. The van der Waals surface area contributed by atoms with Gasteiger partial charge in [-0.2, -0.15) is 0 Å². The molecule has 0 atom stereocenters. The Morgan fingerprint density at radius 3 is 2.65 bits per heavy atom. The van der Waals surface area contributed by atoms with E-state index >= 15 is 0 Å². The smallest absolute Gasteiger partial charge is 0.224 e. The summed E-state index contributed by atoms with van der Waals surface area (Å²) in [6.07, 6.45) is 0.419. The fraction of sp³-hybridized carbons (Fsp3) is 0.500. The summed E-state index contributed by atoms with van der Waals surface area (Å²) < 4.78 is 0. The van der Waals surface area contributed by atoms with Gasteiger partial charge in [0.05, 0.1) is 10.6 Å². The van der Waals surface area contributed by atoms with E-state index in [1.165, 1.54) is 11.3 Å². The van der Waals surface area contributed by atoms with E-state index in [4.69, 9.17) is 5.11 Å². The minimum Gasteiger partial charge on any atom is -0.388 e. The average Bonchev–Trinajstić information content (AvgIpc) is 2.58. The molecular formula is C12H17NO3S. The number of aliphatic hydroxyl groups excluding tert-OH is 1. The Hall–Kier alpha value is -1.20. The summed E-state index contributed by atoms with van der Waals surface area (Å²) in [6.45, 7) is 5.21. The van der Waals surface area contributed by atoms with Gasteiger partial charge in [-0.25, -0.2) is 0 Å². The lowest BCUT2D eigenvalue weighted by Gasteiger charge is -2.08. The SMILES string of the molecule is Cc1csc(C(=O)CO)c1NC(=O)CC(C)C. The predicted octanol–water partition coefficient (Wildman–Crippen LogP) is 2.22. The van der Waals surface area contributed by atoms with Gasteiger partial charge in [0.15, 0.2) is 5.78 Å². The molecular weight excluding hydrogens is 238 g/mol. The van der Waals surface area contributed by atoms with Crippen molar-refractivity contribution in [3.8, 4) is 0 Å². The highest BCUT2D eigenvalue weighted by molar-refractivity contribution is 7.13. The van der Waals surface area contributed by atoms with Crippen LogP contribution in [0.15, 0.2) is 5.38 Å². The fourth-order valence-corrected chi connectivity index (χ4v) is 2.38. The van der Waals surface area contributed by atoms with Crippen molar-refractivity contribution in [2.45, 2.75) is 27.2 Å². The van der Waals surface area contributed by atoms with Crippen molar-refractivity contribution in [2.24, 2.45) is 5.92 Å². The van der Waals surface area contributed by atoms with E-state index in [1.54, 1.807) is 5.38 Å². The van der Waals surface area contributed by atoms with Crippen molar-refractivity contribution in [2.75, 3.05) is 11.9 Å². The molecule has 0 aromatic carbocycles. The van der Waals surface area contributed by atoms with Crippen molar-refractivity contribution in [3.63, 3.8) is 0 Å². The molecule has 0 saturated carbocycles. The van der Waals surface area contributed by atoms with Crippen molar-refractivity contribution < 1.29 is 14.7 Å². The third-order valence-corrected chi connectivity index (χ3v) is 3.37. The Morgan fingerprint density at radius 1 is 1.47 bits per heavy atom. The van der Waals surface area contributed by atoms with Crippen LogP contribution in [0.3, 0.4) is 0 Å². The lowest BCUT2D eigenvalue weighted by molar-refractivity contribution is -0.116. The fourth-order valence-electron chi connectivity index (χ4n) is 1.44. The summed E-state index contributed by atoms with van der Waals surface area (Å²) in [6, 6.07) is 0. The summed E-state index contributed by atoms with van der Waals surface area (Å²) >= 11 is 1.25. The van der Waals surface area contributed by atoms with Gasteiger partial charge in [-0.1, -0.05) is 13.8 Å². The molecule has 1 aromatic heterocycles. The Balaban J connectivity index is 2.86. The zero-order valence-corrected chi connectivity index (χ0v) is 11.1. The van der Waals surface area contributed by atoms with Crippen LogP contribution < -0.4 is 5.32 Å². The van der Waals surface area contributed by atoms with Gasteiger partial charge in [0.25, 0.3) is 0 Å². The molecule has 1 aromatic rings. The molecule has 2 N–H and O–H groups in total. The molecule has 0 unspecified atom stereocenters. The Labute approximate surface area is 105 Å². The summed E-state index contributed by atoms with van der Waals surface area (Å²) in [4.78, 5) is 23.5. The molecule has 0 aliphatic carbocycles. The van der Waals surface area contributed by atoms with E-state index < -0.39 is 6.61 Å². The van der Waals surface area contributed by atoms with Crippen LogP contribution >= 0.6 is 11.3 Å². The van der Waals surface area contributed by atoms with E-state index in [2.05, 4.69) is 5.32 Å². The number of nitrogens with one attached hydrogen (secondary N) is 1. The molecule has 0 spiro atoms. The quantitative estimate of drug-likeness (QED) is 0.793. The molecule has 0 radical (unpaired) electrons. The van der Waals surface area contributed by atoms with E-state index in [1.807, 2.05) is 20.8 Å². The van der Waals surface area contributed by atoms with Crippen LogP contribution in [-0.2, 0) is 4.79 Å². The van der Waals surface area contributed by atoms with Gasteiger partial charge in [-0.05, 0) is 23.8 Å². The molecule has 1 amide bonds. The van der Waals surface area contributed by atoms with Crippen LogP contribution in [0.4, 0.5) is 5.69 Å². The molecule has 4 nitrogen and oxygen atoms in total. The number of hydrogen-bond donors (Lipinski definition) is 2. The maximum absolute atomic E-state index is 11.7. The van der Waals surface area contributed by atoms with E-state index in [0.717, 1.165) is 5.56 Å². The van der Waals surface area contributed by atoms with Crippen LogP contribution in [0.5, 0.6) is 0 Å². The van der Waals surface area contributed by atoms with Crippen molar-refractivity contribution in [1.29, 1.82) is 0 Å². The van der Waals surface area contributed by atoms with Crippen LogP contribution in [0, 0.1) is 12.8 Å². The standard InChI is InChI=1S/C12H17NO3S/c1-7(2)4-10(16)13-11-8(3)6-17-12(11)9(15)5-14/h6-7,14H,4-5H2,1-3H3,(H,13,16). The molecule has 1 heterocycles. The topological polar surface area (TPSA) is 66.4 Å². The van der Waals surface area contributed by atoms with Gasteiger partial charge in [-0.15, -0.1) is 11.3 Å². The van der Waals surface area contributed by atoms with Gasteiger partial charge >= 0.3 is 0 Å². The van der Waals surface area contributed by atoms with Crippen LogP contribution in [-0.4, -0.2) is 23.4 Å². The lowest BCUT2D eigenvalue weighted by Crippen LogP contribution is -2.16. The number of Topliss-reactive ketones (excluding diaryl/α,β-unsaturated/α-hetero) is 1. The molecule has 17 heavy (non-hydrogen) atoms. The first-order valence-electron chi connectivity index (χ1n) is 5.47. The molecule has 0 aliphatic rings. The van der Waals surface area contributed by atoms with Crippen molar-refractivity contribution in [3.05, 3.63) is 15.8 Å². The second-order valence-corrected chi connectivity index (χ2v) is 5.23. The second kappa shape index (κ2) is 5.93. The van der Waals surface area contributed by atoms with E-state index in [9.17, 15) is 9.59 Å². The summed E-state index contributed by atoms with van der Waals surface area (Å²) in [5.41, 5.74) is 1.39. The highest BCUT2D eigenvalue weighted by atomic mass is 32.1. The zero-order valence-electron chi connectivity index (χ0n) is 10.2. The van der Waals surface area contributed by atoms with Gasteiger partial charge in [0.2, 0.25) is 5.91 Å². The number of anilines is 1. The first-order chi connectivity index (χ1) is 7.95. The predicted molar refractivity (Wildman–Crippen MR) is 68.6 cm³/mol.